The van der Waals surface area contributed by atoms with Crippen LogP contribution in [0, 0.1) is 0 Å². The van der Waals surface area contributed by atoms with Gasteiger partial charge in [-0.3, -0.25) is 9.69 Å². The molecule has 2 aromatic heterocycles. The topological polar surface area (TPSA) is 102 Å². The van der Waals surface area contributed by atoms with E-state index in [1.165, 1.54) is 19.6 Å². The number of hydrogen-bond donors (Lipinski definition) is 1. The maximum Gasteiger partial charge on any atom is 0.323 e. The van der Waals surface area contributed by atoms with Crippen LogP contribution in [0.4, 0.5) is 0 Å². The van der Waals surface area contributed by atoms with Gasteiger partial charge in [-0.1, -0.05) is 5.16 Å². The molecule has 1 fully saturated rings. The molecule has 0 spiro atoms. The van der Waals surface area contributed by atoms with E-state index >= 15 is 0 Å². The Kier molecular flexibility index (Phi) is 3.72. The Labute approximate surface area is 120 Å². The summed E-state index contributed by atoms with van der Waals surface area (Å²) < 4.78 is 14.9. The first-order chi connectivity index (χ1) is 10.2. The van der Waals surface area contributed by atoms with E-state index in [9.17, 15) is 9.90 Å². The molecule has 2 atom stereocenters. The molecule has 21 heavy (non-hydrogen) atoms. The molecular formula is C13H15N3O5. The number of nitrogens with zero attached hydrogens (tertiary/aromatic N) is 3. The van der Waals surface area contributed by atoms with E-state index in [0.29, 0.717) is 24.7 Å². The lowest BCUT2D eigenvalue weighted by molar-refractivity contribution is -0.146. The van der Waals surface area contributed by atoms with Gasteiger partial charge in [-0.2, -0.15) is 4.98 Å². The normalized spacial score (nSPS) is 22.6. The van der Waals surface area contributed by atoms with Gasteiger partial charge in [0, 0.05) is 13.0 Å². The first kappa shape index (κ1) is 13.8. The standard InChI is InChI=1S/C13H15N3O5/c1-19-13(18)10-4-9(17)5-16(10)6-11-14-12(15-21-11)8-2-3-20-7-8/h2-3,7,9-10,17H,4-6H2,1H3/t9-,10+/m1/s1. The third-order valence-electron chi connectivity index (χ3n) is 3.44. The Morgan fingerprint density at radius 3 is 3.19 bits per heavy atom. The summed E-state index contributed by atoms with van der Waals surface area (Å²) in [6.07, 6.45) is 2.82. The highest BCUT2D eigenvalue weighted by Gasteiger charge is 2.37. The third kappa shape index (κ3) is 2.81. The largest absolute Gasteiger partial charge is 0.472 e. The van der Waals surface area contributed by atoms with E-state index < -0.39 is 12.1 Å². The predicted molar refractivity (Wildman–Crippen MR) is 68.8 cm³/mol. The van der Waals surface area contributed by atoms with Gasteiger partial charge in [-0.05, 0) is 6.07 Å². The molecule has 112 valence electrons. The fourth-order valence-corrected chi connectivity index (χ4v) is 2.44. The van der Waals surface area contributed by atoms with Crippen LogP contribution in [0.2, 0.25) is 0 Å². The van der Waals surface area contributed by atoms with Crippen LogP contribution in [0.3, 0.4) is 0 Å². The second-order valence-corrected chi connectivity index (χ2v) is 4.88. The minimum atomic E-state index is -0.564. The van der Waals surface area contributed by atoms with Crippen LogP contribution in [0.15, 0.2) is 27.5 Å². The van der Waals surface area contributed by atoms with Crippen molar-refractivity contribution in [3.05, 3.63) is 24.5 Å². The molecule has 2 aromatic rings. The summed E-state index contributed by atoms with van der Waals surface area (Å²) >= 11 is 0. The molecular weight excluding hydrogens is 278 g/mol. The number of β-amino-alcohol motifs (C(OH)–C–C–N with tert-alkyl or cyclic N) is 1. The van der Waals surface area contributed by atoms with Crippen LogP contribution in [0.25, 0.3) is 11.4 Å². The Morgan fingerprint density at radius 1 is 1.62 bits per heavy atom. The fourth-order valence-electron chi connectivity index (χ4n) is 2.44. The van der Waals surface area contributed by atoms with Gasteiger partial charge in [0.25, 0.3) is 0 Å². The zero-order valence-electron chi connectivity index (χ0n) is 11.4. The van der Waals surface area contributed by atoms with Crippen molar-refractivity contribution in [1.82, 2.24) is 15.0 Å². The number of esters is 1. The lowest BCUT2D eigenvalue weighted by atomic mass is 10.2. The predicted octanol–water partition coefficient (Wildman–Crippen LogP) is 0.438. The number of rotatable bonds is 4. The number of likely N-dealkylation sites (tertiary alicyclic amines) is 1. The molecule has 0 amide bonds. The second kappa shape index (κ2) is 5.66. The zero-order valence-corrected chi connectivity index (χ0v) is 11.4. The average molecular weight is 293 g/mol. The van der Waals surface area contributed by atoms with Gasteiger partial charge in [-0.25, -0.2) is 0 Å². The Morgan fingerprint density at radius 2 is 2.48 bits per heavy atom. The molecule has 0 unspecified atom stereocenters. The van der Waals surface area contributed by atoms with Crippen LogP contribution in [0.1, 0.15) is 12.3 Å². The minimum absolute atomic E-state index is 0.279. The number of carbonyl (C=O) groups excluding carboxylic acids is 1. The molecule has 3 heterocycles. The summed E-state index contributed by atoms with van der Waals surface area (Å²) in [6.45, 7) is 0.644. The molecule has 3 rings (SSSR count). The highest BCUT2D eigenvalue weighted by molar-refractivity contribution is 5.76. The monoisotopic (exact) mass is 293 g/mol. The van der Waals surface area contributed by atoms with Crippen molar-refractivity contribution in [2.24, 2.45) is 0 Å². The Bertz CT molecular complexity index is 609. The number of ether oxygens (including phenoxy) is 1. The molecule has 8 heteroatoms. The van der Waals surface area contributed by atoms with Crippen molar-refractivity contribution >= 4 is 5.97 Å². The summed E-state index contributed by atoms with van der Waals surface area (Å²) in [5, 5.41) is 13.6. The molecule has 0 saturated carbocycles. The van der Waals surface area contributed by atoms with Gasteiger partial charge in [0.15, 0.2) is 0 Å². The Hall–Kier alpha value is -2.19. The first-order valence-corrected chi connectivity index (χ1v) is 6.52. The van der Waals surface area contributed by atoms with Crippen molar-refractivity contribution in [2.75, 3.05) is 13.7 Å². The quantitative estimate of drug-likeness (QED) is 0.810. The molecule has 1 saturated heterocycles. The van der Waals surface area contributed by atoms with E-state index in [1.54, 1.807) is 11.0 Å². The smallest absolute Gasteiger partial charge is 0.323 e. The lowest BCUT2D eigenvalue weighted by Gasteiger charge is -2.19. The van der Waals surface area contributed by atoms with Crippen LogP contribution >= 0.6 is 0 Å². The van der Waals surface area contributed by atoms with Gasteiger partial charge in [-0.15, -0.1) is 0 Å². The summed E-state index contributed by atoms with van der Waals surface area (Å²) in [6, 6.07) is 1.24. The lowest BCUT2D eigenvalue weighted by Crippen LogP contribution is -2.36. The maximum atomic E-state index is 11.7. The maximum absolute atomic E-state index is 11.7. The van der Waals surface area contributed by atoms with Crippen LogP contribution in [0.5, 0.6) is 0 Å². The number of aliphatic hydroxyl groups is 1. The third-order valence-corrected chi connectivity index (χ3v) is 3.44. The molecule has 8 nitrogen and oxygen atoms in total. The van der Waals surface area contributed by atoms with E-state index in [2.05, 4.69) is 10.1 Å². The second-order valence-electron chi connectivity index (χ2n) is 4.88. The number of aliphatic hydroxyl groups excluding tert-OH is 1. The van der Waals surface area contributed by atoms with Gasteiger partial charge in [0.2, 0.25) is 11.7 Å². The SMILES string of the molecule is COC(=O)[C@@H]1C[C@@H](O)CN1Cc1nc(-c2ccoc2)no1. The van der Waals surface area contributed by atoms with Gasteiger partial charge in [0.1, 0.15) is 12.3 Å². The molecule has 0 bridgehead atoms. The van der Waals surface area contributed by atoms with Crippen molar-refractivity contribution in [1.29, 1.82) is 0 Å². The van der Waals surface area contributed by atoms with Gasteiger partial charge >= 0.3 is 5.97 Å². The van der Waals surface area contributed by atoms with Crippen LogP contribution < -0.4 is 0 Å². The van der Waals surface area contributed by atoms with Crippen molar-refractivity contribution in [3.8, 4) is 11.4 Å². The molecule has 1 N–H and O–H groups in total. The molecule has 0 aliphatic carbocycles. The van der Waals surface area contributed by atoms with Crippen LogP contribution in [-0.2, 0) is 16.1 Å². The van der Waals surface area contributed by atoms with Crippen LogP contribution in [-0.4, -0.2) is 51.9 Å². The van der Waals surface area contributed by atoms with Gasteiger partial charge < -0.3 is 18.8 Å². The molecule has 0 radical (unpaired) electrons. The number of methoxy groups -OCH3 is 1. The summed E-state index contributed by atoms with van der Waals surface area (Å²) in [5.74, 6) is 0.420. The zero-order chi connectivity index (χ0) is 14.8. The van der Waals surface area contributed by atoms with Crippen molar-refractivity contribution in [3.63, 3.8) is 0 Å². The molecule has 0 aromatic carbocycles. The fraction of sp³-hybridized carbons (Fsp3) is 0.462. The van der Waals surface area contributed by atoms with E-state index in [4.69, 9.17) is 13.7 Å². The van der Waals surface area contributed by atoms with Gasteiger partial charge in [0.05, 0.1) is 31.6 Å². The van der Waals surface area contributed by atoms with Crippen molar-refractivity contribution in [2.45, 2.75) is 25.1 Å². The number of furan rings is 1. The molecule has 1 aliphatic rings. The Balaban J connectivity index is 1.72. The number of aromatic nitrogens is 2. The van der Waals surface area contributed by atoms with Crippen molar-refractivity contribution < 1.29 is 23.6 Å². The highest BCUT2D eigenvalue weighted by atomic mass is 16.5. The first-order valence-electron chi connectivity index (χ1n) is 6.52. The minimum Gasteiger partial charge on any atom is -0.472 e. The summed E-state index contributed by atoms with van der Waals surface area (Å²) in [4.78, 5) is 17.7. The average Bonchev–Trinajstić information content (AvgIpc) is 3.18. The molecule has 1 aliphatic heterocycles. The number of carbonyl (C=O) groups is 1. The summed E-state index contributed by atoms with van der Waals surface area (Å²) in [7, 11) is 1.33. The van der Waals surface area contributed by atoms with E-state index in [1.807, 2.05) is 0 Å². The highest BCUT2D eigenvalue weighted by Crippen LogP contribution is 2.22. The number of hydrogen-bond acceptors (Lipinski definition) is 8. The summed E-state index contributed by atoms with van der Waals surface area (Å²) in [5.41, 5.74) is 0.718. The van der Waals surface area contributed by atoms with E-state index in [0.717, 1.165) is 5.56 Å². The van der Waals surface area contributed by atoms with E-state index in [-0.39, 0.29) is 12.5 Å².